The number of nitrogens with one attached hydrogen (secondary N) is 1. The van der Waals surface area contributed by atoms with Crippen molar-refractivity contribution in [1.29, 1.82) is 0 Å². The molecule has 0 aliphatic carbocycles. The Labute approximate surface area is 113 Å². The fourth-order valence-corrected chi connectivity index (χ4v) is 2.42. The summed E-state index contributed by atoms with van der Waals surface area (Å²) in [6, 6.07) is 5.42. The molecule has 1 aromatic rings. The Morgan fingerprint density at radius 1 is 1.56 bits per heavy atom. The van der Waals surface area contributed by atoms with E-state index in [2.05, 4.69) is 9.71 Å². The van der Waals surface area contributed by atoms with Crippen LogP contribution in [0.4, 0.5) is 0 Å². The number of pyridine rings is 1. The van der Waals surface area contributed by atoms with Crippen molar-refractivity contribution in [3.05, 3.63) is 30.1 Å². The van der Waals surface area contributed by atoms with Gasteiger partial charge in [-0.3, -0.25) is 4.98 Å². The van der Waals surface area contributed by atoms with Gasteiger partial charge in [0.1, 0.15) is 0 Å². The fourth-order valence-electron chi connectivity index (χ4n) is 1.21. The Kier molecular flexibility index (Phi) is 5.64. The van der Waals surface area contributed by atoms with Crippen molar-refractivity contribution in [2.45, 2.75) is 13.3 Å². The third-order valence-corrected chi connectivity index (χ3v) is 4.20. The van der Waals surface area contributed by atoms with Gasteiger partial charge in [-0.2, -0.15) is 0 Å². The first-order valence-electron chi connectivity index (χ1n) is 5.57. The molecule has 1 heterocycles. The van der Waals surface area contributed by atoms with Crippen molar-refractivity contribution in [1.82, 2.24) is 9.71 Å². The van der Waals surface area contributed by atoms with Crippen LogP contribution in [0.25, 0.3) is 0 Å². The summed E-state index contributed by atoms with van der Waals surface area (Å²) in [7, 11) is -3.31. The first kappa shape index (κ1) is 15.0. The molecule has 0 aliphatic heterocycles. The minimum absolute atomic E-state index is 0.00800. The lowest BCUT2D eigenvalue weighted by molar-refractivity contribution is 0.574. The van der Waals surface area contributed by atoms with Gasteiger partial charge in [-0.1, -0.05) is 25.2 Å². The molecule has 0 aromatic carbocycles. The van der Waals surface area contributed by atoms with Gasteiger partial charge in [0.05, 0.1) is 10.7 Å². The average molecular weight is 287 g/mol. The second kappa shape index (κ2) is 6.77. The van der Waals surface area contributed by atoms with E-state index in [0.717, 1.165) is 5.69 Å². The third kappa shape index (κ3) is 5.52. The van der Waals surface area contributed by atoms with Gasteiger partial charge in [-0.15, -0.1) is 0 Å². The summed E-state index contributed by atoms with van der Waals surface area (Å²) in [5.41, 5.74) is 6.17. The first-order valence-corrected chi connectivity index (χ1v) is 7.63. The summed E-state index contributed by atoms with van der Waals surface area (Å²) in [6.07, 6.45) is 2.03. The van der Waals surface area contributed by atoms with Crippen LogP contribution >= 0.6 is 12.2 Å². The van der Waals surface area contributed by atoms with Crippen molar-refractivity contribution in [3.8, 4) is 0 Å². The van der Waals surface area contributed by atoms with E-state index in [0.29, 0.717) is 11.4 Å². The quantitative estimate of drug-likeness (QED) is 0.712. The number of thiocarbonyl (C=S) groups is 1. The number of aryl methyl sites for hydroxylation is 1. The van der Waals surface area contributed by atoms with Crippen LogP contribution in [-0.2, 0) is 16.4 Å². The van der Waals surface area contributed by atoms with Gasteiger partial charge < -0.3 is 5.73 Å². The normalized spacial score (nSPS) is 13.2. The van der Waals surface area contributed by atoms with E-state index in [1.165, 1.54) is 0 Å². The van der Waals surface area contributed by atoms with Gasteiger partial charge >= 0.3 is 0 Å². The van der Waals surface area contributed by atoms with E-state index in [9.17, 15) is 8.42 Å². The molecule has 0 saturated heterocycles. The molecule has 1 atom stereocenters. The van der Waals surface area contributed by atoms with E-state index in [1.807, 2.05) is 6.07 Å². The molecular weight excluding hydrogens is 270 g/mol. The Hall–Kier alpha value is -1.05. The molecule has 1 aromatic heterocycles. The second-order valence-corrected chi connectivity index (χ2v) is 6.44. The van der Waals surface area contributed by atoms with Crippen LogP contribution in [-0.4, -0.2) is 30.7 Å². The molecule has 3 N–H and O–H groups in total. The monoisotopic (exact) mass is 287 g/mol. The highest BCUT2D eigenvalue weighted by atomic mass is 32.2. The van der Waals surface area contributed by atoms with Crippen LogP contribution in [0.5, 0.6) is 0 Å². The van der Waals surface area contributed by atoms with Gasteiger partial charge in [0.15, 0.2) is 0 Å². The largest absolute Gasteiger partial charge is 0.393 e. The Bertz CT molecular complexity index is 488. The third-order valence-electron chi connectivity index (χ3n) is 2.45. The lowest BCUT2D eigenvalue weighted by Gasteiger charge is -2.11. The van der Waals surface area contributed by atoms with Gasteiger partial charge in [-0.05, 0) is 12.1 Å². The van der Waals surface area contributed by atoms with Gasteiger partial charge in [0.2, 0.25) is 10.0 Å². The lowest BCUT2D eigenvalue weighted by atomic mass is 10.2. The zero-order valence-electron chi connectivity index (χ0n) is 10.2. The number of aromatic nitrogens is 1. The molecule has 0 bridgehead atoms. The average Bonchev–Trinajstić information content (AvgIpc) is 2.35. The van der Waals surface area contributed by atoms with Crippen molar-refractivity contribution >= 4 is 27.2 Å². The smallest absolute Gasteiger partial charge is 0.211 e. The van der Waals surface area contributed by atoms with E-state index >= 15 is 0 Å². The van der Waals surface area contributed by atoms with Gasteiger partial charge in [-0.25, -0.2) is 13.1 Å². The maximum Gasteiger partial charge on any atom is 0.211 e. The van der Waals surface area contributed by atoms with Crippen LogP contribution in [0.2, 0.25) is 0 Å². The Morgan fingerprint density at radius 3 is 2.83 bits per heavy atom. The van der Waals surface area contributed by atoms with Crippen molar-refractivity contribution in [2.24, 2.45) is 11.7 Å². The van der Waals surface area contributed by atoms with Crippen LogP contribution in [0.3, 0.4) is 0 Å². The molecule has 18 heavy (non-hydrogen) atoms. The topological polar surface area (TPSA) is 85.1 Å². The fraction of sp³-hybridized carbons (Fsp3) is 0.455. The minimum atomic E-state index is -3.31. The highest BCUT2D eigenvalue weighted by molar-refractivity contribution is 7.89. The highest BCUT2D eigenvalue weighted by Crippen LogP contribution is 1.99. The number of sulfonamides is 1. The molecule has 5 nitrogen and oxygen atoms in total. The molecular formula is C11H17N3O2S2. The summed E-state index contributed by atoms with van der Waals surface area (Å²) in [6.45, 7) is 2.02. The molecule has 0 amide bonds. The zero-order chi connectivity index (χ0) is 13.6. The van der Waals surface area contributed by atoms with Crippen LogP contribution in [0, 0.1) is 5.92 Å². The summed E-state index contributed by atoms with van der Waals surface area (Å²) >= 11 is 4.78. The SMILES string of the molecule is CC(CNS(=O)(=O)CCc1ccccn1)C(N)=S. The van der Waals surface area contributed by atoms with E-state index < -0.39 is 10.0 Å². The van der Waals surface area contributed by atoms with Gasteiger partial charge in [0, 0.05) is 30.8 Å². The molecule has 1 rings (SSSR count). The van der Waals surface area contributed by atoms with Crippen molar-refractivity contribution < 1.29 is 8.42 Å². The molecule has 100 valence electrons. The molecule has 1 unspecified atom stereocenters. The first-order chi connectivity index (χ1) is 8.41. The number of hydrogen-bond acceptors (Lipinski definition) is 4. The molecule has 7 heteroatoms. The lowest BCUT2D eigenvalue weighted by Crippen LogP contribution is -2.35. The van der Waals surface area contributed by atoms with Crippen LogP contribution in [0.1, 0.15) is 12.6 Å². The summed E-state index contributed by atoms with van der Waals surface area (Å²) < 4.78 is 25.9. The molecule has 0 fully saturated rings. The number of hydrogen-bond donors (Lipinski definition) is 2. The predicted molar refractivity (Wildman–Crippen MR) is 75.7 cm³/mol. The maximum absolute atomic E-state index is 11.7. The second-order valence-electron chi connectivity index (χ2n) is 4.04. The highest BCUT2D eigenvalue weighted by Gasteiger charge is 2.13. The Balaban J connectivity index is 2.43. The van der Waals surface area contributed by atoms with Gasteiger partial charge in [0.25, 0.3) is 0 Å². The van der Waals surface area contributed by atoms with E-state index in [1.54, 1.807) is 25.3 Å². The molecule has 0 saturated carbocycles. The summed E-state index contributed by atoms with van der Waals surface area (Å²) in [5, 5.41) is 0. The standard InChI is InChI=1S/C11H17N3O2S2/c1-9(11(12)17)8-14-18(15,16)7-5-10-4-2-3-6-13-10/h2-4,6,9,14H,5,7-8H2,1H3,(H2,12,17). The minimum Gasteiger partial charge on any atom is -0.393 e. The molecule has 0 aliphatic rings. The zero-order valence-corrected chi connectivity index (χ0v) is 11.8. The van der Waals surface area contributed by atoms with Crippen molar-refractivity contribution in [3.63, 3.8) is 0 Å². The predicted octanol–water partition coefficient (Wildman–Crippen LogP) is 0.466. The Morgan fingerprint density at radius 2 is 2.28 bits per heavy atom. The number of nitrogens with zero attached hydrogens (tertiary/aromatic N) is 1. The molecule has 0 radical (unpaired) electrons. The van der Waals surface area contributed by atoms with Crippen LogP contribution < -0.4 is 10.5 Å². The molecule has 0 spiro atoms. The summed E-state index contributed by atoms with van der Waals surface area (Å²) in [5.74, 6) is -0.140. The number of nitrogens with two attached hydrogens (primary N) is 1. The van der Waals surface area contributed by atoms with E-state index in [-0.39, 0.29) is 18.2 Å². The van der Waals surface area contributed by atoms with Crippen molar-refractivity contribution in [2.75, 3.05) is 12.3 Å². The summed E-state index contributed by atoms with van der Waals surface area (Å²) in [4.78, 5) is 4.38. The maximum atomic E-state index is 11.7. The van der Waals surface area contributed by atoms with Crippen LogP contribution in [0.15, 0.2) is 24.4 Å². The van der Waals surface area contributed by atoms with E-state index in [4.69, 9.17) is 18.0 Å². The number of rotatable bonds is 7.